The number of anilines is 1. The lowest BCUT2D eigenvalue weighted by atomic mass is 10.1. The topological polar surface area (TPSA) is 112 Å². The summed E-state index contributed by atoms with van der Waals surface area (Å²) in [5.41, 5.74) is 1.61. The second-order valence-corrected chi connectivity index (χ2v) is 6.83. The number of hydrogen-bond donors (Lipinski definition) is 1. The van der Waals surface area contributed by atoms with Gasteiger partial charge in [-0.05, 0) is 66.2 Å². The number of nitrogens with one attached hydrogen (secondary N) is 1. The second kappa shape index (κ2) is 8.38. The molecular formula is C20H17F2N7O2. The average Bonchev–Trinajstić information content (AvgIpc) is 3.39. The maximum atomic E-state index is 14.1. The van der Waals surface area contributed by atoms with Crippen LogP contribution >= 0.6 is 0 Å². The van der Waals surface area contributed by atoms with Crippen molar-refractivity contribution < 1.29 is 18.1 Å². The highest BCUT2D eigenvalue weighted by molar-refractivity contribution is 5.91. The molecule has 4 rings (SSSR count). The summed E-state index contributed by atoms with van der Waals surface area (Å²) in [7, 11) is 0. The summed E-state index contributed by atoms with van der Waals surface area (Å²) in [6.07, 6.45) is 0.278. The predicted molar refractivity (Wildman–Crippen MR) is 105 cm³/mol. The normalized spacial score (nSPS) is 11.0. The molecule has 0 aliphatic heterocycles. The number of tetrazole rings is 1. The Morgan fingerprint density at radius 2 is 1.94 bits per heavy atom. The molecule has 0 spiro atoms. The van der Waals surface area contributed by atoms with Crippen molar-refractivity contribution in [2.24, 2.45) is 0 Å². The summed E-state index contributed by atoms with van der Waals surface area (Å²) < 4.78 is 34.0. The monoisotopic (exact) mass is 425 g/mol. The van der Waals surface area contributed by atoms with Crippen molar-refractivity contribution in [3.05, 3.63) is 65.3 Å². The Balaban J connectivity index is 1.39. The number of rotatable bonds is 6. The van der Waals surface area contributed by atoms with Gasteiger partial charge in [-0.25, -0.2) is 8.78 Å². The van der Waals surface area contributed by atoms with Crippen molar-refractivity contribution in [2.45, 2.75) is 26.7 Å². The predicted octanol–water partition coefficient (Wildman–Crippen LogP) is 3.18. The van der Waals surface area contributed by atoms with E-state index in [-0.39, 0.29) is 36.1 Å². The highest BCUT2D eigenvalue weighted by Gasteiger charge is 2.14. The summed E-state index contributed by atoms with van der Waals surface area (Å²) in [4.78, 5) is 16.6. The van der Waals surface area contributed by atoms with Crippen molar-refractivity contribution in [3.63, 3.8) is 0 Å². The first-order valence-electron chi connectivity index (χ1n) is 9.34. The molecule has 0 saturated carbocycles. The molecule has 0 fully saturated rings. The lowest BCUT2D eigenvalue weighted by Gasteiger charge is -2.08. The van der Waals surface area contributed by atoms with E-state index >= 15 is 0 Å². The fourth-order valence-electron chi connectivity index (χ4n) is 2.91. The zero-order valence-electron chi connectivity index (χ0n) is 16.6. The zero-order valence-corrected chi connectivity index (χ0v) is 16.6. The Kier molecular flexibility index (Phi) is 5.48. The van der Waals surface area contributed by atoms with E-state index in [9.17, 15) is 13.6 Å². The van der Waals surface area contributed by atoms with Gasteiger partial charge < -0.3 is 9.84 Å². The van der Waals surface area contributed by atoms with Gasteiger partial charge in [0.15, 0.2) is 5.82 Å². The van der Waals surface area contributed by atoms with E-state index in [2.05, 4.69) is 31.0 Å². The van der Waals surface area contributed by atoms with Crippen LogP contribution in [0.4, 0.5) is 14.5 Å². The maximum Gasteiger partial charge on any atom is 0.227 e. The number of aryl methyl sites for hydroxylation is 3. The Hall–Kier alpha value is -4.02. The molecular weight excluding hydrogens is 408 g/mol. The van der Waals surface area contributed by atoms with Crippen molar-refractivity contribution in [1.82, 2.24) is 30.3 Å². The fraction of sp³-hybridized carbons (Fsp3) is 0.200. The van der Waals surface area contributed by atoms with E-state index in [0.717, 1.165) is 0 Å². The maximum absolute atomic E-state index is 14.1. The zero-order chi connectivity index (χ0) is 22.0. The lowest BCUT2D eigenvalue weighted by Crippen LogP contribution is -2.13. The van der Waals surface area contributed by atoms with E-state index in [1.165, 1.54) is 28.9 Å². The number of benzene rings is 2. The molecule has 0 aliphatic carbocycles. The van der Waals surface area contributed by atoms with E-state index in [0.29, 0.717) is 28.5 Å². The van der Waals surface area contributed by atoms with Crippen LogP contribution in [-0.2, 0) is 11.2 Å². The van der Waals surface area contributed by atoms with Crippen LogP contribution in [-0.4, -0.2) is 36.3 Å². The molecule has 0 radical (unpaired) electrons. The van der Waals surface area contributed by atoms with Crippen molar-refractivity contribution in [2.75, 3.05) is 5.32 Å². The van der Waals surface area contributed by atoms with Crippen LogP contribution in [0.25, 0.3) is 17.1 Å². The Morgan fingerprint density at radius 1 is 1.13 bits per heavy atom. The van der Waals surface area contributed by atoms with Crippen LogP contribution in [0.15, 0.2) is 40.9 Å². The first kappa shape index (κ1) is 20.3. The van der Waals surface area contributed by atoms with Crippen LogP contribution in [0.3, 0.4) is 0 Å². The van der Waals surface area contributed by atoms with Gasteiger partial charge in [-0.1, -0.05) is 5.16 Å². The Morgan fingerprint density at radius 3 is 2.68 bits per heavy atom. The van der Waals surface area contributed by atoms with Gasteiger partial charge in [0.05, 0.1) is 0 Å². The Bertz CT molecular complexity index is 1250. The van der Waals surface area contributed by atoms with Crippen LogP contribution in [0, 0.1) is 25.5 Å². The molecule has 0 aliphatic rings. The number of hydrogen-bond acceptors (Lipinski definition) is 7. The third kappa shape index (κ3) is 4.44. The van der Waals surface area contributed by atoms with E-state index in [1.807, 2.05) is 0 Å². The molecule has 4 aromatic rings. The van der Waals surface area contributed by atoms with Crippen LogP contribution in [0.1, 0.15) is 23.7 Å². The smallest absolute Gasteiger partial charge is 0.227 e. The molecule has 31 heavy (non-hydrogen) atoms. The minimum atomic E-state index is -0.525. The van der Waals surface area contributed by atoms with E-state index in [4.69, 9.17) is 4.52 Å². The Labute approximate surface area is 175 Å². The highest BCUT2D eigenvalue weighted by atomic mass is 19.1. The number of halogens is 2. The molecule has 1 N–H and O–H groups in total. The number of nitrogens with zero attached hydrogens (tertiary/aromatic N) is 6. The van der Waals surface area contributed by atoms with Gasteiger partial charge in [-0.2, -0.15) is 9.67 Å². The SMILES string of the molecule is Cc1cc(-c2noc(CCC(=O)Nc3ccc(F)c(-n4nnnc4C)c3)n2)ccc1F. The van der Waals surface area contributed by atoms with Gasteiger partial charge in [-0.3, -0.25) is 4.79 Å². The minimum Gasteiger partial charge on any atom is -0.339 e. The van der Waals surface area contributed by atoms with Gasteiger partial charge in [0.25, 0.3) is 0 Å². The van der Waals surface area contributed by atoms with Crippen molar-refractivity contribution >= 4 is 11.6 Å². The second-order valence-electron chi connectivity index (χ2n) is 6.83. The van der Waals surface area contributed by atoms with Gasteiger partial charge >= 0.3 is 0 Å². The fourth-order valence-corrected chi connectivity index (χ4v) is 2.91. The van der Waals surface area contributed by atoms with Gasteiger partial charge in [0.2, 0.25) is 17.6 Å². The number of carbonyl (C=O) groups is 1. The van der Waals surface area contributed by atoms with Crippen molar-refractivity contribution in [1.29, 1.82) is 0 Å². The molecule has 0 atom stereocenters. The van der Waals surface area contributed by atoms with Gasteiger partial charge in [0.1, 0.15) is 17.3 Å². The third-order valence-electron chi connectivity index (χ3n) is 4.53. The summed E-state index contributed by atoms with van der Waals surface area (Å²) >= 11 is 0. The molecule has 2 aromatic carbocycles. The first-order valence-corrected chi connectivity index (χ1v) is 9.34. The molecule has 0 bridgehead atoms. The average molecular weight is 425 g/mol. The summed E-state index contributed by atoms with van der Waals surface area (Å²) in [6.45, 7) is 3.28. The molecule has 2 heterocycles. The standard InChI is InChI=1S/C20H17F2N7O2/c1-11-9-13(3-5-15(11)21)20-24-19(31-26-20)8-7-18(30)23-14-4-6-16(22)17(10-14)29-12(2)25-27-28-29/h3-6,9-10H,7-8H2,1-2H3,(H,23,30). The molecule has 1 amide bonds. The van der Waals surface area contributed by atoms with E-state index in [1.54, 1.807) is 26.0 Å². The highest BCUT2D eigenvalue weighted by Crippen LogP contribution is 2.21. The molecule has 11 heteroatoms. The minimum absolute atomic E-state index is 0.0701. The van der Waals surface area contributed by atoms with Crippen LogP contribution in [0.5, 0.6) is 0 Å². The summed E-state index contributed by atoms with van der Waals surface area (Å²) in [5.74, 6) is -0.157. The number of amides is 1. The molecule has 0 saturated heterocycles. The number of carbonyl (C=O) groups excluding carboxylic acids is 1. The quantitative estimate of drug-likeness (QED) is 0.505. The molecule has 158 valence electrons. The lowest BCUT2D eigenvalue weighted by molar-refractivity contribution is -0.116. The van der Waals surface area contributed by atoms with Crippen molar-refractivity contribution in [3.8, 4) is 17.1 Å². The van der Waals surface area contributed by atoms with Crippen LogP contribution < -0.4 is 5.32 Å². The first-order chi connectivity index (χ1) is 14.9. The summed E-state index contributed by atoms with van der Waals surface area (Å²) in [5, 5.41) is 17.5. The summed E-state index contributed by atoms with van der Waals surface area (Å²) in [6, 6.07) is 8.62. The molecule has 2 aromatic heterocycles. The number of aromatic nitrogens is 6. The largest absolute Gasteiger partial charge is 0.339 e. The third-order valence-corrected chi connectivity index (χ3v) is 4.53. The van der Waals surface area contributed by atoms with Gasteiger partial charge in [0, 0.05) is 24.1 Å². The molecule has 9 nitrogen and oxygen atoms in total. The van der Waals surface area contributed by atoms with Gasteiger partial charge in [-0.15, -0.1) is 5.10 Å². The van der Waals surface area contributed by atoms with Crippen LogP contribution in [0.2, 0.25) is 0 Å². The molecule has 0 unspecified atom stereocenters. The van der Waals surface area contributed by atoms with E-state index < -0.39 is 5.82 Å².